The Labute approximate surface area is 47.5 Å². The lowest BCUT2D eigenvalue weighted by Crippen LogP contribution is -2.55. The maximum absolute atomic E-state index is 12.0. The lowest BCUT2D eigenvalue weighted by atomic mass is 9.77. The first-order chi connectivity index (χ1) is 3.66. The van der Waals surface area contributed by atoms with Gasteiger partial charge in [-0.05, 0) is 12.8 Å². The first-order valence-electron chi connectivity index (χ1n) is 2.70. The molecule has 0 aromatic rings. The molecule has 0 aromatic carbocycles. The molecule has 1 rings (SSSR count). The Hall–Kier alpha value is -0.150. The van der Waals surface area contributed by atoms with E-state index in [1.54, 1.807) is 0 Å². The molecule has 0 atom stereocenters. The highest BCUT2D eigenvalue weighted by molar-refractivity contribution is 4.98. The smallest absolute Gasteiger partial charge is 0.104 e. The highest BCUT2D eigenvalue weighted by Gasteiger charge is 2.40. The molecular formula is C5H10FNO. The molecule has 0 aromatic heterocycles. The largest absolute Gasteiger partial charge is 0.394 e. The van der Waals surface area contributed by atoms with Crippen LogP contribution in [0.2, 0.25) is 0 Å². The second-order valence-electron chi connectivity index (χ2n) is 2.53. The predicted molar refractivity (Wildman–Crippen MR) is 28.1 cm³/mol. The third-order valence-corrected chi connectivity index (χ3v) is 1.57. The molecule has 0 bridgehead atoms. The maximum Gasteiger partial charge on any atom is 0.104 e. The Kier molecular flexibility index (Phi) is 1.25. The molecule has 1 saturated carbocycles. The van der Waals surface area contributed by atoms with E-state index < -0.39 is 11.7 Å². The van der Waals surface area contributed by atoms with Crippen LogP contribution in [0.5, 0.6) is 0 Å². The fourth-order valence-corrected chi connectivity index (χ4v) is 0.952. The molecule has 0 aliphatic heterocycles. The molecular weight excluding hydrogens is 109 g/mol. The quantitative estimate of drug-likeness (QED) is 0.502. The topological polar surface area (TPSA) is 46.2 Å². The summed E-state index contributed by atoms with van der Waals surface area (Å²) in [4.78, 5) is 0. The molecule has 3 N–H and O–H groups in total. The van der Waals surface area contributed by atoms with E-state index in [1.807, 2.05) is 0 Å². The van der Waals surface area contributed by atoms with Gasteiger partial charge < -0.3 is 10.8 Å². The van der Waals surface area contributed by atoms with Gasteiger partial charge in [-0.25, -0.2) is 4.39 Å². The molecule has 1 aliphatic carbocycles. The first-order valence-corrected chi connectivity index (χ1v) is 2.70. The maximum atomic E-state index is 12.0. The van der Waals surface area contributed by atoms with Crippen molar-refractivity contribution in [1.29, 1.82) is 0 Å². The lowest BCUT2D eigenvalue weighted by molar-refractivity contribution is 0.0478. The van der Waals surface area contributed by atoms with Crippen molar-refractivity contribution in [3.63, 3.8) is 0 Å². The van der Waals surface area contributed by atoms with Crippen molar-refractivity contribution in [2.45, 2.75) is 24.6 Å². The van der Waals surface area contributed by atoms with Crippen LogP contribution in [0.1, 0.15) is 12.8 Å². The number of hydrogen-bond donors (Lipinski definition) is 2. The molecule has 0 saturated heterocycles. The summed E-state index contributed by atoms with van der Waals surface area (Å²) in [6.45, 7) is -0.0899. The van der Waals surface area contributed by atoms with Gasteiger partial charge in [0.25, 0.3) is 0 Å². The highest BCUT2D eigenvalue weighted by Crippen LogP contribution is 2.31. The summed E-state index contributed by atoms with van der Waals surface area (Å²) >= 11 is 0. The Morgan fingerprint density at radius 3 is 2.38 bits per heavy atom. The van der Waals surface area contributed by atoms with Gasteiger partial charge in [0.2, 0.25) is 0 Å². The predicted octanol–water partition coefficient (Wildman–Crippen LogP) is -0.192. The van der Waals surface area contributed by atoms with Gasteiger partial charge in [0.15, 0.2) is 0 Å². The average Bonchev–Trinajstić information content (AvgIpc) is 1.63. The first kappa shape index (κ1) is 5.98. The number of nitrogens with two attached hydrogens (primary N) is 1. The summed E-state index contributed by atoms with van der Waals surface area (Å²) in [5.41, 5.74) is 4.82. The van der Waals surface area contributed by atoms with Crippen molar-refractivity contribution in [2.24, 2.45) is 5.73 Å². The minimum atomic E-state index is -0.771. The third-order valence-electron chi connectivity index (χ3n) is 1.57. The molecule has 1 fully saturated rings. The Morgan fingerprint density at radius 2 is 2.25 bits per heavy atom. The van der Waals surface area contributed by atoms with Gasteiger partial charge in [-0.15, -0.1) is 0 Å². The normalized spacial score (nSPS) is 46.1. The van der Waals surface area contributed by atoms with E-state index in [2.05, 4.69) is 0 Å². The highest BCUT2D eigenvalue weighted by atomic mass is 19.1. The van der Waals surface area contributed by atoms with Crippen molar-refractivity contribution in [2.75, 3.05) is 6.61 Å². The van der Waals surface area contributed by atoms with Crippen LogP contribution in [0.25, 0.3) is 0 Å². The fourth-order valence-electron chi connectivity index (χ4n) is 0.952. The summed E-state index contributed by atoms with van der Waals surface area (Å²) < 4.78 is 12.0. The van der Waals surface area contributed by atoms with Crippen LogP contribution in [-0.4, -0.2) is 23.4 Å². The summed E-state index contributed by atoms with van der Waals surface area (Å²) in [6.07, 6.45) is -0.125. The molecule has 0 spiro atoms. The molecule has 0 radical (unpaired) electrons. The summed E-state index contributed by atoms with van der Waals surface area (Å²) in [6, 6.07) is 0. The van der Waals surface area contributed by atoms with Crippen molar-refractivity contribution in [1.82, 2.24) is 0 Å². The van der Waals surface area contributed by atoms with E-state index in [1.165, 1.54) is 0 Å². The van der Waals surface area contributed by atoms with Crippen molar-refractivity contribution in [3.05, 3.63) is 0 Å². The van der Waals surface area contributed by atoms with Gasteiger partial charge in [0.05, 0.1) is 6.61 Å². The Balaban J connectivity index is 2.30. The molecule has 48 valence electrons. The molecule has 8 heavy (non-hydrogen) atoms. The van der Waals surface area contributed by atoms with Crippen LogP contribution in [0.4, 0.5) is 4.39 Å². The molecule has 3 heteroatoms. The summed E-state index contributed by atoms with van der Waals surface area (Å²) in [5, 5.41) is 8.47. The molecule has 2 nitrogen and oxygen atoms in total. The molecule has 0 heterocycles. The fraction of sp³-hybridized carbons (Fsp3) is 1.00. The van der Waals surface area contributed by atoms with Crippen LogP contribution in [0.3, 0.4) is 0 Å². The van der Waals surface area contributed by atoms with E-state index in [0.717, 1.165) is 0 Å². The van der Waals surface area contributed by atoms with Crippen LogP contribution >= 0.6 is 0 Å². The summed E-state index contributed by atoms with van der Waals surface area (Å²) in [5.74, 6) is 0. The lowest BCUT2D eigenvalue weighted by Gasteiger charge is -2.38. The average molecular weight is 119 g/mol. The van der Waals surface area contributed by atoms with E-state index >= 15 is 0 Å². The summed E-state index contributed by atoms with van der Waals surface area (Å²) in [7, 11) is 0. The zero-order chi connectivity index (χ0) is 6.20. The number of hydrogen-bond acceptors (Lipinski definition) is 2. The zero-order valence-corrected chi connectivity index (χ0v) is 4.60. The number of aliphatic hydroxyl groups excluding tert-OH is 1. The van der Waals surface area contributed by atoms with Crippen LogP contribution < -0.4 is 5.73 Å². The van der Waals surface area contributed by atoms with Gasteiger partial charge in [0.1, 0.15) is 6.17 Å². The van der Waals surface area contributed by atoms with E-state index in [4.69, 9.17) is 10.8 Å². The van der Waals surface area contributed by atoms with Crippen molar-refractivity contribution < 1.29 is 9.50 Å². The van der Waals surface area contributed by atoms with Crippen LogP contribution in [0.15, 0.2) is 0 Å². The zero-order valence-electron chi connectivity index (χ0n) is 4.60. The third kappa shape index (κ3) is 0.833. The van der Waals surface area contributed by atoms with Crippen molar-refractivity contribution >= 4 is 0 Å². The van der Waals surface area contributed by atoms with Gasteiger partial charge in [-0.3, -0.25) is 0 Å². The van der Waals surface area contributed by atoms with Gasteiger partial charge in [-0.2, -0.15) is 0 Å². The number of halogens is 1. The number of alkyl halides is 1. The minimum absolute atomic E-state index is 0.0899. The molecule has 1 aliphatic rings. The van der Waals surface area contributed by atoms with Gasteiger partial charge >= 0.3 is 0 Å². The van der Waals surface area contributed by atoms with E-state index in [9.17, 15) is 4.39 Å². The molecule has 0 amide bonds. The number of aliphatic hydroxyl groups is 1. The molecule has 0 unspecified atom stereocenters. The van der Waals surface area contributed by atoms with Crippen molar-refractivity contribution in [3.8, 4) is 0 Å². The second-order valence-corrected chi connectivity index (χ2v) is 2.53. The second kappa shape index (κ2) is 1.67. The van der Waals surface area contributed by atoms with Crippen LogP contribution in [-0.2, 0) is 0 Å². The van der Waals surface area contributed by atoms with E-state index in [0.29, 0.717) is 12.8 Å². The van der Waals surface area contributed by atoms with E-state index in [-0.39, 0.29) is 6.61 Å². The standard InChI is InChI=1S/C5H10FNO/c6-4-1-5(7,2-4)3-8/h4,8H,1-3,7H2. The van der Waals surface area contributed by atoms with Gasteiger partial charge in [0, 0.05) is 5.54 Å². The van der Waals surface area contributed by atoms with Gasteiger partial charge in [-0.1, -0.05) is 0 Å². The minimum Gasteiger partial charge on any atom is -0.394 e. The monoisotopic (exact) mass is 119 g/mol. The Bertz CT molecular complexity index is 90.4. The number of rotatable bonds is 1. The Morgan fingerprint density at radius 1 is 1.75 bits per heavy atom. The van der Waals surface area contributed by atoms with Crippen LogP contribution in [0, 0.1) is 0 Å². The SMILES string of the molecule is NC1(CO)CC(F)C1.